The molecular weight excluding hydrogens is 430 g/mol. The predicted molar refractivity (Wildman–Crippen MR) is 101 cm³/mol. The molecule has 0 aromatic heterocycles. The number of carboxylic acids is 1. The fourth-order valence-corrected chi connectivity index (χ4v) is 4.11. The number of amides is 1. The third-order valence-electron chi connectivity index (χ3n) is 3.25. The molecule has 0 unspecified atom stereocenters. The second-order valence-electron chi connectivity index (χ2n) is 4.92. The van der Waals surface area contributed by atoms with Gasteiger partial charge in [-0.05, 0) is 46.6 Å². The summed E-state index contributed by atoms with van der Waals surface area (Å²) >= 11 is 9.71. The summed E-state index contributed by atoms with van der Waals surface area (Å²) in [6.07, 6.45) is 1.42. The predicted octanol–water partition coefficient (Wildman–Crippen LogP) is 2.20. The Morgan fingerprint density at radius 2 is 2.20 bits per heavy atom. The molecule has 0 saturated carbocycles. The molecule has 6 nitrogen and oxygen atoms in total. The zero-order valence-electron chi connectivity index (χ0n) is 13.5. The topological polar surface area (TPSA) is 78.9 Å². The zero-order chi connectivity index (χ0) is 18.6. The molecular formula is C16H15BrNO5S2-. The van der Waals surface area contributed by atoms with Crippen LogP contribution in [0.3, 0.4) is 0 Å². The maximum Gasteiger partial charge on any atom is 0.266 e. The van der Waals surface area contributed by atoms with Crippen molar-refractivity contribution in [3.05, 3.63) is 27.1 Å². The lowest BCUT2D eigenvalue weighted by atomic mass is 10.2. The molecule has 1 saturated heterocycles. The number of ether oxygens (including phenoxy) is 2. The van der Waals surface area contributed by atoms with Crippen molar-refractivity contribution in [3.63, 3.8) is 0 Å². The van der Waals surface area contributed by atoms with E-state index >= 15 is 0 Å². The second-order valence-corrected chi connectivity index (χ2v) is 7.45. The van der Waals surface area contributed by atoms with Gasteiger partial charge in [-0.15, -0.1) is 0 Å². The Balaban J connectivity index is 2.29. The number of thiocarbonyl (C=S) groups is 1. The van der Waals surface area contributed by atoms with Gasteiger partial charge in [-0.25, -0.2) is 0 Å². The number of hydrogen-bond donors (Lipinski definition) is 0. The normalized spacial score (nSPS) is 15.8. The van der Waals surface area contributed by atoms with E-state index in [9.17, 15) is 14.7 Å². The number of methoxy groups -OCH3 is 1. The van der Waals surface area contributed by atoms with Gasteiger partial charge in [-0.1, -0.05) is 24.0 Å². The largest absolute Gasteiger partial charge is 0.550 e. The van der Waals surface area contributed by atoms with Gasteiger partial charge in [0.1, 0.15) is 4.32 Å². The standard InChI is InChI=1S/C16H16BrNO5S2/c1-3-23-11-7-9(6-10(17)14(11)22-2)8-12-15(21)18(16(24)25-12)5-4-13(19)20/h6-8H,3-5H2,1-2H3,(H,19,20)/p-1/b12-8-. The smallest absolute Gasteiger partial charge is 0.266 e. The lowest BCUT2D eigenvalue weighted by molar-refractivity contribution is -0.305. The van der Waals surface area contributed by atoms with E-state index in [4.69, 9.17) is 21.7 Å². The van der Waals surface area contributed by atoms with E-state index in [1.807, 2.05) is 6.92 Å². The Morgan fingerprint density at radius 1 is 1.48 bits per heavy atom. The van der Waals surface area contributed by atoms with Gasteiger partial charge in [-0.3, -0.25) is 9.69 Å². The molecule has 0 bridgehead atoms. The first-order valence-corrected chi connectivity index (χ1v) is 9.34. The number of rotatable bonds is 7. The number of halogens is 1. The molecule has 0 N–H and O–H groups in total. The van der Waals surface area contributed by atoms with Crippen molar-refractivity contribution in [1.29, 1.82) is 0 Å². The minimum atomic E-state index is -1.22. The quantitative estimate of drug-likeness (QED) is 0.470. The zero-order valence-corrected chi connectivity index (χ0v) is 16.8. The van der Waals surface area contributed by atoms with Crippen molar-refractivity contribution in [3.8, 4) is 11.5 Å². The van der Waals surface area contributed by atoms with E-state index in [0.717, 1.165) is 17.3 Å². The van der Waals surface area contributed by atoms with Gasteiger partial charge in [-0.2, -0.15) is 0 Å². The van der Waals surface area contributed by atoms with E-state index in [1.165, 1.54) is 4.90 Å². The van der Waals surface area contributed by atoms with Crippen LogP contribution in [-0.4, -0.2) is 41.4 Å². The highest BCUT2D eigenvalue weighted by atomic mass is 79.9. The number of aliphatic carboxylic acids is 1. The molecule has 1 fully saturated rings. The summed E-state index contributed by atoms with van der Waals surface area (Å²) in [5.41, 5.74) is 0.733. The molecule has 134 valence electrons. The molecule has 1 heterocycles. The van der Waals surface area contributed by atoms with Crippen LogP contribution < -0.4 is 14.6 Å². The monoisotopic (exact) mass is 444 g/mol. The van der Waals surface area contributed by atoms with Crippen LogP contribution in [0.5, 0.6) is 11.5 Å². The molecule has 0 spiro atoms. The van der Waals surface area contributed by atoms with Gasteiger partial charge in [0.25, 0.3) is 5.91 Å². The van der Waals surface area contributed by atoms with Gasteiger partial charge in [0.15, 0.2) is 11.5 Å². The van der Waals surface area contributed by atoms with E-state index in [0.29, 0.717) is 31.8 Å². The third-order valence-corrected chi connectivity index (χ3v) is 5.21. The molecule has 1 aliphatic rings. The van der Waals surface area contributed by atoms with Gasteiger partial charge >= 0.3 is 0 Å². The maximum absolute atomic E-state index is 12.4. The van der Waals surface area contributed by atoms with Crippen molar-refractivity contribution in [1.82, 2.24) is 4.90 Å². The highest BCUT2D eigenvalue weighted by molar-refractivity contribution is 9.10. The van der Waals surface area contributed by atoms with Crippen molar-refractivity contribution in [2.24, 2.45) is 0 Å². The first-order valence-electron chi connectivity index (χ1n) is 7.33. The summed E-state index contributed by atoms with van der Waals surface area (Å²) in [4.78, 5) is 24.7. The van der Waals surface area contributed by atoms with Gasteiger partial charge < -0.3 is 19.4 Å². The fourth-order valence-electron chi connectivity index (χ4n) is 2.18. The molecule has 1 aromatic carbocycles. The molecule has 9 heteroatoms. The van der Waals surface area contributed by atoms with Crippen LogP contribution in [0.15, 0.2) is 21.5 Å². The highest BCUT2D eigenvalue weighted by Crippen LogP contribution is 2.39. The Morgan fingerprint density at radius 3 is 2.80 bits per heavy atom. The summed E-state index contributed by atoms with van der Waals surface area (Å²) in [6, 6.07) is 3.57. The van der Waals surface area contributed by atoms with Crippen molar-refractivity contribution in [2.45, 2.75) is 13.3 Å². The Kier molecular flexibility index (Phi) is 6.86. The first kappa shape index (κ1) is 19.7. The number of carbonyl (C=O) groups is 2. The van der Waals surface area contributed by atoms with Crippen molar-refractivity contribution < 1.29 is 24.2 Å². The van der Waals surface area contributed by atoms with Crippen molar-refractivity contribution in [2.75, 3.05) is 20.3 Å². The summed E-state index contributed by atoms with van der Waals surface area (Å²) in [7, 11) is 1.55. The Bertz CT molecular complexity index is 750. The minimum Gasteiger partial charge on any atom is -0.550 e. The molecule has 0 atom stereocenters. The number of thioether (sulfide) groups is 1. The van der Waals surface area contributed by atoms with Crippen LogP contribution in [0.25, 0.3) is 6.08 Å². The van der Waals surface area contributed by atoms with Gasteiger partial charge in [0.05, 0.1) is 23.1 Å². The minimum absolute atomic E-state index is 0.000836. The molecule has 1 aromatic rings. The summed E-state index contributed by atoms with van der Waals surface area (Å²) in [5.74, 6) is -0.418. The summed E-state index contributed by atoms with van der Waals surface area (Å²) < 4.78 is 11.9. The number of carboxylic acid groups (broad SMARTS) is 1. The lowest BCUT2D eigenvalue weighted by Gasteiger charge is -2.14. The molecule has 25 heavy (non-hydrogen) atoms. The molecule has 2 rings (SSSR count). The van der Waals surface area contributed by atoms with Crippen molar-refractivity contribution >= 4 is 62.2 Å². The molecule has 1 amide bonds. The average molecular weight is 445 g/mol. The SMILES string of the molecule is CCOc1cc(/C=C2\SC(=S)N(CCC(=O)[O-])C2=O)cc(Br)c1OC. The van der Waals surface area contributed by atoms with Gasteiger partial charge in [0.2, 0.25) is 0 Å². The van der Waals surface area contributed by atoms with Crippen LogP contribution in [0, 0.1) is 0 Å². The first-order chi connectivity index (χ1) is 11.9. The number of nitrogens with zero attached hydrogens (tertiary/aromatic N) is 1. The Labute approximate surface area is 163 Å². The fraction of sp³-hybridized carbons (Fsp3) is 0.312. The van der Waals surface area contributed by atoms with Crippen LogP contribution >= 0.6 is 39.9 Å². The Hall–Kier alpha value is -1.58. The van der Waals surface area contributed by atoms with E-state index in [2.05, 4.69) is 15.9 Å². The number of hydrogen-bond acceptors (Lipinski definition) is 7. The number of benzene rings is 1. The van der Waals surface area contributed by atoms with E-state index < -0.39 is 5.97 Å². The summed E-state index contributed by atoms with van der Waals surface area (Å²) in [6.45, 7) is 2.33. The number of carbonyl (C=O) groups excluding carboxylic acids is 2. The molecule has 0 radical (unpaired) electrons. The van der Waals surface area contributed by atoms with Crippen LogP contribution in [0.1, 0.15) is 18.9 Å². The van der Waals surface area contributed by atoms with Crippen LogP contribution in [-0.2, 0) is 9.59 Å². The van der Waals surface area contributed by atoms with Gasteiger partial charge in [0, 0.05) is 18.9 Å². The molecule has 0 aliphatic carbocycles. The highest BCUT2D eigenvalue weighted by Gasteiger charge is 2.31. The lowest BCUT2D eigenvalue weighted by Crippen LogP contribution is -2.33. The second kappa shape index (κ2) is 8.68. The molecule has 1 aliphatic heterocycles. The van der Waals surface area contributed by atoms with Crippen LogP contribution in [0.4, 0.5) is 0 Å². The van der Waals surface area contributed by atoms with E-state index in [-0.39, 0.29) is 18.9 Å². The average Bonchev–Trinajstić information content (AvgIpc) is 2.79. The summed E-state index contributed by atoms with van der Waals surface area (Å²) in [5, 5.41) is 10.6. The van der Waals surface area contributed by atoms with E-state index in [1.54, 1.807) is 25.3 Å². The third kappa shape index (κ3) is 4.74. The van der Waals surface area contributed by atoms with Crippen LogP contribution in [0.2, 0.25) is 0 Å². The maximum atomic E-state index is 12.4.